The standard InChI is InChI=1S/C16H20N2O6S/c1-3-16(15(20)21)10-25-14(18-16)12-13(19)11(4-5-17-12)24-9-8-23-7-6-22-2/h3-5,19H,1,6-10H2,2H3,(H,20,21)/t16-/m1/s1. The molecule has 0 saturated carbocycles. The van der Waals surface area contributed by atoms with Crippen LogP contribution in [0.3, 0.4) is 0 Å². The van der Waals surface area contributed by atoms with E-state index in [1.54, 1.807) is 7.11 Å². The molecule has 2 rings (SSSR count). The summed E-state index contributed by atoms with van der Waals surface area (Å²) in [5.41, 5.74) is -1.21. The average Bonchev–Trinajstić information content (AvgIpc) is 3.05. The monoisotopic (exact) mass is 368 g/mol. The van der Waals surface area contributed by atoms with Gasteiger partial charge in [0.05, 0.1) is 19.8 Å². The number of aliphatic carboxylic acids is 1. The van der Waals surface area contributed by atoms with Crippen LogP contribution < -0.4 is 4.74 Å². The van der Waals surface area contributed by atoms with Crippen molar-refractivity contribution in [2.24, 2.45) is 4.99 Å². The van der Waals surface area contributed by atoms with Gasteiger partial charge in [-0.05, 0) is 0 Å². The molecule has 1 aliphatic heterocycles. The van der Waals surface area contributed by atoms with Crippen LogP contribution in [0, 0.1) is 0 Å². The Morgan fingerprint density at radius 1 is 1.44 bits per heavy atom. The third kappa shape index (κ3) is 4.50. The van der Waals surface area contributed by atoms with Crippen LogP contribution in [-0.2, 0) is 14.3 Å². The van der Waals surface area contributed by atoms with Crippen LogP contribution in [0.1, 0.15) is 5.69 Å². The van der Waals surface area contributed by atoms with Crippen LogP contribution in [0.15, 0.2) is 29.9 Å². The first-order valence-electron chi connectivity index (χ1n) is 7.51. The fourth-order valence-corrected chi connectivity index (χ4v) is 3.19. The third-order valence-electron chi connectivity index (χ3n) is 3.44. The number of carbonyl (C=O) groups is 1. The van der Waals surface area contributed by atoms with E-state index in [4.69, 9.17) is 14.2 Å². The zero-order valence-electron chi connectivity index (χ0n) is 13.8. The third-order valence-corrected chi connectivity index (χ3v) is 4.59. The van der Waals surface area contributed by atoms with Gasteiger partial charge in [-0.2, -0.15) is 0 Å². The second-order valence-corrected chi connectivity index (χ2v) is 6.06. The molecule has 0 spiro atoms. The second-order valence-electron chi connectivity index (χ2n) is 5.10. The van der Waals surface area contributed by atoms with Crippen LogP contribution in [-0.4, -0.2) is 71.0 Å². The van der Waals surface area contributed by atoms with E-state index in [2.05, 4.69) is 16.6 Å². The Morgan fingerprint density at radius 2 is 2.20 bits per heavy atom. The number of aliphatic imine (C=N–C) groups is 1. The van der Waals surface area contributed by atoms with Crippen LogP contribution in [0.5, 0.6) is 11.5 Å². The minimum Gasteiger partial charge on any atom is -0.503 e. The molecule has 0 aromatic carbocycles. The smallest absolute Gasteiger partial charge is 0.336 e. The van der Waals surface area contributed by atoms with E-state index in [-0.39, 0.29) is 29.6 Å². The summed E-state index contributed by atoms with van der Waals surface area (Å²) in [5, 5.41) is 20.0. The quantitative estimate of drug-likeness (QED) is 0.470. The first-order valence-corrected chi connectivity index (χ1v) is 8.50. The maximum absolute atomic E-state index is 11.4. The van der Waals surface area contributed by atoms with E-state index in [0.717, 1.165) is 0 Å². The molecule has 136 valence electrons. The Morgan fingerprint density at radius 3 is 2.84 bits per heavy atom. The van der Waals surface area contributed by atoms with Crippen molar-refractivity contribution < 1.29 is 29.2 Å². The molecule has 25 heavy (non-hydrogen) atoms. The normalized spacial score (nSPS) is 19.5. The Balaban J connectivity index is 2.07. The van der Waals surface area contributed by atoms with Gasteiger partial charge in [-0.1, -0.05) is 6.08 Å². The van der Waals surface area contributed by atoms with E-state index >= 15 is 0 Å². The Hall–Kier alpha value is -2.10. The van der Waals surface area contributed by atoms with Crippen molar-refractivity contribution >= 4 is 22.8 Å². The number of pyridine rings is 1. The minimum atomic E-state index is -1.40. The highest BCUT2D eigenvalue weighted by atomic mass is 32.2. The van der Waals surface area contributed by atoms with E-state index in [0.29, 0.717) is 24.9 Å². The predicted molar refractivity (Wildman–Crippen MR) is 93.7 cm³/mol. The summed E-state index contributed by atoms with van der Waals surface area (Å²) >= 11 is 1.20. The van der Waals surface area contributed by atoms with Crippen molar-refractivity contribution in [2.75, 3.05) is 39.3 Å². The summed E-state index contributed by atoms with van der Waals surface area (Å²) in [5.74, 6) is -0.850. The molecule has 9 heteroatoms. The van der Waals surface area contributed by atoms with Gasteiger partial charge in [0.25, 0.3) is 0 Å². The summed E-state index contributed by atoms with van der Waals surface area (Å²) in [4.78, 5) is 19.7. The molecule has 0 bridgehead atoms. The largest absolute Gasteiger partial charge is 0.503 e. The lowest BCUT2D eigenvalue weighted by atomic mass is 10.0. The topological polar surface area (TPSA) is 110 Å². The van der Waals surface area contributed by atoms with Crippen LogP contribution in [0.4, 0.5) is 0 Å². The van der Waals surface area contributed by atoms with Crippen molar-refractivity contribution in [2.45, 2.75) is 5.54 Å². The van der Waals surface area contributed by atoms with E-state index in [1.807, 2.05) is 0 Å². The van der Waals surface area contributed by atoms with Crippen molar-refractivity contribution in [1.29, 1.82) is 0 Å². The number of ether oxygens (including phenoxy) is 3. The molecule has 0 saturated heterocycles. The molecule has 1 aromatic rings. The molecule has 2 heterocycles. The lowest BCUT2D eigenvalue weighted by molar-refractivity contribution is -0.140. The number of rotatable bonds is 10. The highest BCUT2D eigenvalue weighted by Gasteiger charge is 2.41. The fraction of sp³-hybridized carbons (Fsp3) is 0.438. The number of carboxylic acid groups (broad SMARTS) is 1. The number of hydrogen-bond acceptors (Lipinski definition) is 8. The van der Waals surface area contributed by atoms with Gasteiger partial charge in [0.1, 0.15) is 17.3 Å². The molecule has 0 fully saturated rings. The average molecular weight is 368 g/mol. The fourth-order valence-electron chi connectivity index (χ4n) is 2.01. The van der Waals surface area contributed by atoms with Crippen LogP contribution in [0.25, 0.3) is 0 Å². The van der Waals surface area contributed by atoms with Gasteiger partial charge in [0, 0.05) is 25.1 Å². The van der Waals surface area contributed by atoms with Gasteiger partial charge < -0.3 is 24.4 Å². The Labute approximate surface area is 149 Å². The van der Waals surface area contributed by atoms with Gasteiger partial charge in [0.2, 0.25) is 0 Å². The van der Waals surface area contributed by atoms with Gasteiger partial charge in [0.15, 0.2) is 17.0 Å². The first-order chi connectivity index (χ1) is 12.0. The maximum atomic E-state index is 11.4. The minimum absolute atomic E-state index is 0.184. The Bertz CT molecular complexity index is 666. The summed E-state index contributed by atoms with van der Waals surface area (Å²) in [6, 6.07) is 1.52. The SMILES string of the molecule is C=C[C@]1(C(=O)O)CSC(c2nccc(OCCOCCOC)c2O)=N1. The van der Waals surface area contributed by atoms with Gasteiger partial charge in [-0.15, -0.1) is 18.3 Å². The van der Waals surface area contributed by atoms with Crippen molar-refractivity contribution in [3.05, 3.63) is 30.6 Å². The summed E-state index contributed by atoms with van der Waals surface area (Å²) in [7, 11) is 1.59. The molecule has 1 aliphatic rings. The number of thioether (sulfide) groups is 1. The van der Waals surface area contributed by atoms with Crippen molar-refractivity contribution in [3.8, 4) is 11.5 Å². The highest BCUT2D eigenvalue weighted by molar-refractivity contribution is 8.14. The lowest BCUT2D eigenvalue weighted by Gasteiger charge is -2.13. The predicted octanol–water partition coefficient (Wildman–Crippen LogP) is 1.33. The molecule has 0 aliphatic carbocycles. The molecular weight excluding hydrogens is 348 g/mol. The van der Waals surface area contributed by atoms with Crippen molar-refractivity contribution in [1.82, 2.24) is 4.98 Å². The number of aromatic hydroxyl groups is 1. The van der Waals surface area contributed by atoms with E-state index in [9.17, 15) is 15.0 Å². The second kappa shape index (κ2) is 8.84. The molecule has 0 amide bonds. The number of methoxy groups -OCH3 is 1. The summed E-state index contributed by atoms with van der Waals surface area (Å²) in [6.07, 6.45) is 2.75. The molecule has 8 nitrogen and oxygen atoms in total. The van der Waals surface area contributed by atoms with Crippen LogP contribution in [0.2, 0.25) is 0 Å². The maximum Gasteiger partial charge on any atom is 0.336 e. The van der Waals surface area contributed by atoms with E-state index in [1.165, 1.54) is 30.1 Å². The molecule has 2 N–H and O–H groups in total. The highest BCUT2D eigenvalue weighted by Crippen LogP contribution is 2.37. The zero-order chi connectivity index (χ0) is 18.3. The van der Waals surface area contributed by atoms with Gasteiger partial charge in [-0.3, -0.25) is 4.99 Å². The van der Waals surface area contributed by atoms with Gasteiger partial charge >= 0.3 is 5.97 Å². The number of aromatic nitrogens is 1. The number of nitrogens with zero attached hydrogens (tertiary/aromatic N) is 2. The molecule has 1 aromatic heterocycles. The van der Waals surface area contributed by atoms with Crippen molar-refractivity contribution in [3.63, 3.8) is 0 Å². The van der Waals surface area contributed by atoms with Crippen LogP contribution >= 0.6 is 11.8 Å². The molecule has 1 atom stereocenters. The first kappa shape index (κ1) is 19.2. The number of hydrogen-bond donors (Lipinski definition) is 2. The summed E-state index contributed by atoms with van der Waals surface area (Å²) in [6.45, 7) is 5.08. The lowest BCUT2D eigenvalue weighted by Crippen LogP contribution is -2.34. The Kier molecular flexibility index (Phi) is 6.80. The molecule has 0 unspecified atom stereocenters. The molecule has 0 radical (unpaired) electrons. The molecular formula is C16H20N2O6S. The zero-order valence-corrected chi connectivity index (χ0v) is 14.6. The van der Waals surface area contributed by atoms with E-state index < -0.39 is 11.5 Å². The summed E-state index contributed by atoms with van der Waals surface area (Å²) < 4.78 is 15.6. The van der Waals surface area contributed by atoms with Gasteiger partial charge in [-0.25, -0.2) is 9.78 Å². The number of carboxylic acids is 1.